The third-order valence-corrected chi connectivity index (χ3v) is 2.22. The van der Waals surface area contributed by atoms with Gasteiger partial charge in [-0.05, 0) is 32.1 Å². The average Bonchev–Trinajstić information content (AvgIpc) is 1.89. The minimum atomic E-state index is 1.09. The molecule has 0 heterocycles. The fourth-order valence-corrected chi connectivity index (χ4v) is 1.53. The first kappa shape index (κ1) is 7.14. The maximum absolute atomic E-state index is 5.93. The molecule has 1 aliphatic rings. The van der Waals surface area contributed by atoms with Crippen molar-refractivity contribution in [1.29, 1.82) is 0 Å². The van der Waals surface area contributed by atoms with Crippen molar-refractivity contribution in [3.05, 3.63) is 17.0 Å². The van der Waals surface area contributed by atoms with Gasteiger partial charge in [-0.1, -0.05) is 24.1 Å². The van der Waals surface area contributed by atoms with Gasteiger partial charge in [0, 0.05) is 5.03 Å². The van der Waals surface area contributed by atoms with Crippen LogP contribution >= 0.6 is 11.6 Å². The fourth-order valence-electron chi connectivity index (χ4n) is 1.19. The zero-order chi connectivity index (χ0) is 6.69. The van der Waals surface area contributed by atoms with Crippen LogP contribution in [0.2, 0.25) is 0 Å². The lowest BCUT2D eigenvalue weighted by atomic mass is 9.98. The van der Waals surface area contributed by atoms with E-state index in [0.29, 0.717) is 0 Å². The second-order valence-corrected chi connectivity index (χ2v) is 2.88. The van der Waals surface area contributed by atoms with E-state index in [4.69, 9.17) is 11.6 Å². The molecule has 0 amide bonds. The summed E-state index contributed by atoms with van der Waals surface area (Å²) in [5.41, 5.74) is 1.36. The highest BCUT2D eigenvalue weighted by Crippen LogP contribution is 2.28. The Labute approximate surface area is 61.9 Å². The average molecular weight is 144 g/mol. The molecule has 0 atom stereocenters. The Bertz CT molecular complexity index is 125. The van der Waals surface area contributed by atoms with Crippen molar-refractivity contribution in [2.24, 2.45) is 0 Å². The predicted octanol–water partition coefficient (Wildman–Crippen LogP) is 3.28. The Hall–Kier alpha value is 0.0300. The SMILES string of the molecule is C[CH]C1=C(Cl)CCCC1. The molecule has 1 radical (unpaired) electrons. The van der Waals surface area contributed by atoms with Crippen LogP contribution in [0.3, 0.4) is 0 Å². The molecule has 0 aromatic rings. The molecule has 51 valence electrons. The lowest BCUT2D eigenvalue weighted by Gasteiger charge is -2.13. The van der Waals surface area contributed by atoms with E-state index in [1.54, 1.807) is 0 Å². The summed E-state index contributed by atoms with van der Waals surface area (Å²) in [7, 11) is 0. The highest BCUT2D eigenvalue weighted by molar-refractivity contribution is 6.30. The van der Waals surface area contributed by atoms with Crippen molar-refractivity contribution < 1.29 is 0 Å². The summed E-state index contributed by atoms with van der Waals surface area (Å²) in [5, 5.41) is 1.09. The maximum atomic E-state index is 5.93. The Balaban J connectivity index is 2.59. The van der Waals surface area contributed by atoms with E-state index in [-0.39, 0.29) is 0 Å². The first-order chi connectivity index (χ1) is 4.34. The summed E-state index contributed by atoms with van der Waals surface area (Å²) in [5.74, 6) is 0. The molecule has 0 saturated heterocycles. The minimum Gasteiger partial charge on any atom is -0.0892 e. The van der Waals surface area contributed by atoms with E-state index >= 15 is 0 Å². The van der Waals surface area contributed by atoms with Crippen LogP contribution in [0.1, 0.15) is 32.6 Å². The molecule has 0 nitrogen and oxygen atoms in total. The molecule has 0 unspecified atom stereocenters. The Morgan fingerprint density at radius 3 is 2.44 bits per heavy atom. The van der Waals surface area contributed by atoms with Gasteiger partial charge in [-0.25, -0.2) is 0 Å². The van der Waals surface area contributed by atoms with Crippen molar-refractivity contribution in [1.82, 2.24) is 0 Å². The van der Waals surface area contributed by atoms with E-state index < -0.39 is 0 Å². The van der Waals surface area contributed by atoms with Gasteiger partial charge in [0.1, 0.15) is 0 Å². The van der Waals surface area contributed by atoms with Crippen LogP contribution in [-0.4, -0.2) is 0 Å². The first-order valence-corrected chi connectivity index (χ1v) is 3.89. The van der Waals surface area contributed by atoms with Gasteiger partial charge >= 0.3 is 0 Å². The summed E-state index contributed by atoms with van der Waals surface area (Å²) in [6, 6.07) is 0. The monoisotopic (exact) mass is 143 g/mol. The summed E-state index contributed by atoms with van der Waals surface area (Å²) >= 11 is 5.93. The van der Waals surface area contributed by atoms with Crippen molar-refractivity contribution in [2.45, 2.75) is 32.6 Å². The number of allylic oxidation sites excluding steroid dienone is 2. The molecule has 0 saturated carbocycles. The van der Waals surface area contributed by atoms with Crippen molar-refractivity contribution >= 4 is 11.6 Å². The van der Waals surface area contributed by atoms with Gasteiger partial charge in [-0.15, -0.1) is 0 Å². The quantitative estimate of drug-likeness (QED) is 0.529. The van der Waals surface area contributed by atoms with E-state index in [1.165, 1.54) is 24.8 Å². The molecule has 0 aromatic carbocycles. The molecule has 1 heteroatoms. The zero-order valence-corrected chi connectivity index (χ0v) is 6.54. The van der Waals surface area contributed by atoms with Crippen LogP contribution in [0.4, 0.5) is 0 Å². The molecule has 0 aliphatic heterocycles. The molecular weight excluding hydrogens is 132 g/mol. The Morgan fingerprint density at radius 2 is 2.00 bits per heavy atom. The van der Waals surface area contributed by atoms with Gasteiger partial charge in [0.05, 0.1) is 0 Å². The minimum absolute atomic E-state index is 1.09. The molecular formula is C8H12Cl. The largest absolute Gasteiger partial charge is 0.0892 e. The zero-order valence-electron chi connectivity index (χ0n) is 5.78. The molecule has 0 fully saturated rings. The fraction of sp³-hybridized carbons (Fsp3) is 0.625. The van der Waals surface area contributed by atoms with Gasteiger partial charge in [0.2, 0.25) is 0 Å². The standard InChI is InChI=1S/C8H12Cl/c1-2-7-5-3-4-6-8(7)9/h2H,3-6H2,1H3. The van der Waals surface area contributed by atoms with Crippen molar-refractivity contribution in [3.63, 3.8) is 0 Å². The van der Waals surface area contributed by atoms with E-state index in [2.05, 4.69) is 13.3 Å². The lowest BCUT2D eigenvalue weighted by Crippen LogP contribution is -1.94. The smallest absolute Gasteiger partial charge is 0.0175 e. The normalized spacial score (nSPS) is 20.7. The van der Waals surface area contributed by atoms with E-state index in [9.17, 15) is 0 Å². The van der Waals surface area contributed by atoms with Crippen molar-refractivity contribution in [2.75, 3.05) is 0 Å². The second-order valence-electron chi connectivity index (χ2n) is 2.43. The number of hydrogen-bond donors (Lipinski definition) is 0. The predicted molar refractivity (Wildman–Crippen MR) is 41.3 cm³/mol. The van der Waals surface area contributed by atoms with Crippen LogP contribution in [0.25, 0.3) is 0 Å². The van der Waals surface area contributed by atoms with Crippen LogP contribution in [0, 0.1) is 6.42 Å². The van der Waals surface area contributed by atoms with E-state index in [0.717, 1.165) is 11.5 Å². The van der Waals surface area contributed by atoms with Crippen LogP contribution in [0.5, 0.6) is 0 Å². The third-order valence-electron chi connectivity index (χ3n) is 1.79. The van der Waals surface area contributed by atoms with Gasteiger partial charge < -0.3 is 0 Å². The summed E-state index contributed by atoms with van der Waals surface area (Å²) < 4.78 is 0. The summed E-state index contributed by atoms with van der Waals surface area (Å²) in [6.07, 6.45) is 7.00. The van der Waals surface area contributed by atoms with Crippen LogP contribution < -0.4 is 0 Å². The van der Waals surface area contributed by atoms with Gasteiger partial charge in [0.25, 0.3) is 0 Å². The Kier molecular flexibility index (Phi) is 2.59. The topological polar surface area (TPSA) is 0 Å². The molecule has 1 aliphatic carbocycles. The molecule has 0 N–H and O–H groups in total. The van der Waals surface area contributed by atoms with Gasteiger partial charge in [-0.2, -0.15) is 0 Å². The third kappa shape index (κ3) is 1.72. The van der Waals surface area contributed by atoms with Crippen LogP contribution in [0.15, 0.2) is 10.6 Å². The maximum Gasteiger partial charge on any atom is 0.0175 e. The lowest BCUT2D eigenvalue weighted by molar-refractivity contribution is 0.696. The second kappa shape index (κ2) is 3.26. The highest BCUT2D eigenvalue weighted by atomic mass is 35.5. The molecule has 0 aromatic heterocycles. The molecule has 0 bridgehead atoms. The number of halogens is 1. The van der Waals surface area contributed by atoms with Crippen LogP contribution in [-0.2, 0) is 0 Å². The highest BCUT2D eigenvalue weighted by Gasteiger charge is 2.07. The number of hydrogen-bond acceptors (Lipinski definition) is 0. The summed E-state index contributed by atoms with van der Waals surface area (Å²) in [6.45, 7) is 2.06. The van der Waals surface area contributed by atoms with Crippen molar-refractivity contribution in [3.8, 4) is 0 Å². The molecule has 9 heavy (non-hydrogen) atoms. The number of rotatable bonds is 1. The first-order valence-electron chi connectivity index (χ1n) is 3.51. The molecule has 1 rings (SSSR count). The summed E-state index contributed by atoms with van der Waals surface area (Å²) in [4.78, 5) is 0. The molecule has 0 spiro atoms. The van der Waals surface area contributed by atoms with E-state index in [1.807, 2.05) is 0 Å². The van der Waals surface area contributed by atoms with Gasteiger partial charge in [-0.3, -0.25) is 0 Å². The Morgan fingerprint density at radius 1 is 1.33 bits per heavy atom. The van der Waals surface area contributed by atoms with Gasteiger partial charge in [0.15, 0.2) is 0 Å².